The van der Waals surface area contributed by atoms with Gasteiger partial charge < -0.3 is 5.32 Å². The molecule has 1 rings (SSSR count). The normalized spacial score (nSPS) is 25.3. The molecular weight excluding hydrogens is 150 g/mol. The Morgan fingerprint density at radius 1 is 1.67 bits per heavy atom. The van der Waals surface area contributed by atoms with Crippen LogP contribution in [-0.2, 0) is 0 Å². The predicted octanol–water partition coefficient (Wildman–Crippen LogP) is 1.78. The third-order valence-corrected chi connectivity index (χ3v) is 2.77. The van der Waals surface area contributed by atoms with Gasteiger partial charge >= 0.3 is 0 Å². The van der Waals surface area contributed by atoms with Crippen LogP contribution < -0.4 is 5.32 Å². The van der Waals surface area contributed by atoms with Crippen molar-refractivity contribution in [3.8, 4) is 0 Å². The fourth-order valence-corrected chi connectivity index (χ4v) is 2.40. The van der Waals surface area contributed by atoms with Crippen LogP contribution in [0, 0.1) is 0 Å². The number of hydrogen-bond acceptors (Lipinski definition) is 2. The van der Waals surface area contributed by atoms with E-state index < -0.39 is 0 Å². The number of nitrogens with one attached hydrogen (secondary N) is 1. The Morgan fingerprint density at radius 2 is 2.33 bits per heavy atom. The summed E-state index contributed by atoms with van der Waals surface area (Å²) < 4.78 is 0. The minimum absolute atomic E-state index is 0.176. The van der Waals surface area contributed by atoms with E-state index in [2.05, 4.69) is 19.2 Å². The molecule has 1 nitrogen and oxygen atoms in total. The molecule has 0 spiro atoms. The van der Waals surface area contributed by atoms with Crippen LogP contribution in [-0.4, -0.2) is 15.6 Å². The number of thiocarbonyl (C=S) groups is 1. The predicted molar refractivity (Wildman–Crippen MR) is 46.9 cm³/mol. The van der Waals surface area contributed by atoms with Gasteiger partial charge in [-0.1, -0.05) is 12.2 Å². The molecule has 1 aliphatic rings. The van der Waals surface area contributed by atoms with Gasteiger partial charge in [-0.3, -0.25) is 0 Å². The van der Waals surface area contributed by atoms with Gasteiger partial charge in [-0.25, -0.2) is 0 Å². The average molecular weight is 161 g/mol. The first-order chi connectivity index (χ1) is 4.10. The molecule has 0 amide bonds. The molecular formula is C6H11NS2. The molecule has 0 unspecified atom stereocenters. The van der Waals surface area contributed by atoms with Gasteiger partial charge in [0.25, 0.3) is 0 Å². The van der Waals surface area contributed by atoms with E-state index in [4.69, 9.17) is 12.2 Å². The van der Waals surface area contributed by atoms with E-state index in [0.29, 0.717) is 0 Å². The summed E-state index contributed by atoms with van der Waals surface area (Å²) in [4.78, 5) is 1.19. The number of hydrogen-bond donors (Lipinski definition) is 1. The highest BCUT2D eigenvalue weighted by molar-refractivity contribution is 8.00. The zero-order valence-electron chi connectivity index (χ0n) is 5.73. The van der Waals surface area contributed by atoms with Crippen molar-refractivity contribution in [3.05, 3.63) is 0 Å². The van der Waals surface area contributed by atoms with Gasteiger partial charge in [-0.15, -0.1) is 11.8 Å². The Hall–Kier alpha value is 0.240. The van der Waals surface area contributed by atoms with Crippen LogP contribution in [0.2, 0.25) is 0 Å². The summed E-state index contributed by atoms with van der Waals surface area (Å²) in [6, 6.07) is 0. The lowest BCUT2D eigenvalue weighted by Gasteiger charge is -2.31. The van der Waals surface area contributed by atoms with Crippen LogP contribution in [0.3, 0.4) is 0 Å². The van der Waals surface area contributed by atoms with Crippen LogP contribution in [0.25, 0.3) is 0 Å². The lowest BCUT2D eigenvalue weighted by molar-refractivity contribution is 0.656. The van der Waals surface area contributed by atoms with Crippen LogP contribution in [0.5, 0.6) is 0 Å². The molecule has 1 fully saturated rings. The van der Waals surface area contributed by atoms with E-state index >= 15 is 0 Å². The maximum Gasteiger partial charge on any atom is 0.0781 e. The standard InChI is InChI=1S/C6H11NS2/c1-6(2)7-5(8)3-4-9-6/h3-4H2,1-2H3,(H,7,8). The van der Waals surface area contributed by atoms with Crippen molar-refractivity contribution < 1.29 is 0 Å². The quantitative estimate of drug-likeness (QED) is 0.544. The van der Waals surface area contributed by atoms with Gasteiger partial charge in [0, 0.05) is 12.2 Å². The minimum atomic E-state index is 0.176. The highest BCUT2D eigenvalue weighted by Gasteiger charge is 2.22. The first kappa shape index (κ1) is 7.35. The molecule has 1 N–H and O–H groups in total. The van der Waals surface area contributed by atoms with Gasteiger partial charge in [0.05, 0.1) is 9.86 Å². The van der Waals surface area contributed by atoms with Crippen molar-refractivity contribution in [2.75, 3.05) is 5.75 Å². The second-order valence-corrected chi connectivity index (χ2v) is 4.87. The Balaban J connectivity index is 2.51. The summed E-state index contributed by atoms with van der Waals surface area (Å²) in [5, 5.41) is 3.25. The molecule has 0 aromatic carbocycles. The summed E-state index contributed by atoms with van der Waals surface area (Å²) in [6.45, 7) is 4.31. The number of rotatable bonds is 0. The highest BCUT2D eigenvalue weighted by Crippen LogP contribution is 2.25. The molecule has 0 saturated carbocycles. The molecule has 0 aromatic rings. The first-order valence-corrected chi connectivity index (χ1v) is 4.44. The summed E-state index contributed by atoms with van der Waals surface area (Å²) in [5.41, 5.74) is 0. The summed E-state index contributed by atoms with van der Waals surface area (Å²) in [7, 11) is 0. The molecule has 0 atom stereocenters. The molecule has 52 valence electrons. The van der Waals surface area contributed by atoms with E-state index in [-0.39, 0.29) is 4.87 Å². The molecule has 1 heterocycles. The molecule has 3 heteroatoms. The number of thioether (sulfide) groups is 1. The summed E-state index contributed by atoms with van der Waals surface area (Å²) >= 11 is 6.96. The van der Waals surface area contributed by atoms with Gasteiger partial charge in [0.2, 0.25) is 0 Å². The monoisotopic (exact) mass is 161 g/mol. The Labute approximate surface area is 65.6 Å². The Bertz CT molecular complexity index is 131. The highest BCUT2D eigenvalue weighted by atomic mass is 32.2. The molecule has 0 bridgehead atoms. The van der Waals surface area contributed by atoms with E-state index in [0.717, 1.165) is 11.4 Å². The van der Waals surface area contributed by atoms with E-state index in [1.807, 2.05) is 11.8 Å². The van der Waals surface area contributed by atoms with E-state index in [1.165, 1.54) is 5.75 Å². The van der Waals surface area contributed by atoms with Crippen molar-refractivity contribution in [1.82, 2.24) is 5.32 Å². The third kappa shape index (κ3) is 2.14. The lowest BCUT2D eigenvalue weighted by atomic mass is 10.3. The van der Waals surface area contributed by atoms with Crippen LogP contribution in [0.4, 0.5) is 0 Å². The van der Waals surface area contributed by atoms with Crippen molar-refractivity contribution in [2.45, 2.75) is 25.1 Å². The second kappa shape index (κ2) is 2.46. The Kier molecular flexibility index (Phi) is 2.01. The van der Waals surface area contributed by atoms with Crippen molar-refractivity contribution in [3.63, 3.8) is 0 Å². The zero-order valence-corrected chi connectivity index (χ0v) is 7.36. The van der Waals surface area contributed by atoms with E-state index in [9.17, 15) is 0 Å². The van der Waals surface area contributed by atoms with Crippen molar-refractivity contribution in [2.24, 2.45) is 0 Å². The third-order valence-electron chi connectivity index (χ3n) is 1.23. The fraction of sp³-hybridized carbons (Fsp3) is 0.833. The van der Waals surface area contributed by atoms with Crippen molar-refractivity contribution in [1.29, 1.82) is 0 Å². The van der Waals surface area contributed by atoms with Gasteiger partial charge in [0.15, 0.2) is 0 Å². The summed E-state index contributed by atoms with van der Waals surface area (Å²) in [6.07, 6.45) is 1.05. The smallest absolute Gasteiger partial charge is 0.0781 e. The maximum absolute atomic E-state index is 5.03. The van der Waals surface area contributed by atoms with Gasteiger partial charge in [0.1, 0.15) is 0 Å². The SMILES string of the molecule is CC1(C)NC(=S)CCS1. The molecule has 0 aromatic heterocycles. The maximum atomic E-state index is 5.03. The van der Waals surface area contributed by atoms with Gasteiger partial charge in [-0.05, 0) is 13.8 Å². The zero-order chi connectivity index (χ0) is 6.91. The minimum Gasteiger partial charge on any atom is -0.366 e. The topological polar surface area (TPSA) is 12.0 Å². The molecule has 0 aliphatic carbocycles. The van der Waals surface area contributed by atoms with Crippen LogP contribution in [0.1, 0.15) is 20.3 Å². The molecule has 1 aliphatic heterocycles. The first-order valence-electron chi connectivity index (χ1n) is 3.05. The van der Waals surface area contributed by atoms with E-state index in [1.54, 1.807) is 0 Å². The van der Waals surface area contributed by atoms with Gasteiger partial charge in [-0.2, -0.15) is 0 Å². The molecule has 9 heavy (non-hydrogen) atoms. The average Bonchev–Trinajstić information content (AvgIpc) is 1.60. The molecule has 1 saturated heterocycles. The fourth-order valence-electron chi connectivity index (χ4n) is 0.833. The van der Waals surface area contributed by atoms with Crippen molar-refractivity contribution >= 4 is 29.0 Å². The Morgan fingerprint density at radius 3 is 2.67 bits per heavy atom. The lowest BCUT2D eigenvalue weighted by Crippen LogP contribution is -2.43. The summed E-state index contributed by atoms with van der Waals surface area (Å²) in [5.74, 6) is 1.17. The largest absolute Gasteiger partial charge is 0.366 e. The second-order valence-electron chi connectivity index (χ2n) is 2.66. The van der Waals surface area contributed by atoms with Crippen LogP contribution >= 0.6 is 24.0 Å². The van der Waals surface area contributed by atoms with Crippen LogP contribution in [0.15, 0.2) is 0 Å². The molecule has 0 radical (unpaired) electrons.